The number of nitrogen functional groups attached to an aromatic ring is 1. The van der Waals surface area contributed by atoms with Crippen LogP contribution in [0.25, 0.3) is 0 Å². The van der Waals surface area contributed by atoms with Crippen molar-refractivity contribution >= 4 is 34.1 Å². The Balaban J connectivity index is 2.33. The van der Waals surface area contributed by atoms with Crippen molar-refractivity contribution in [2.45, 2.75) is 26.4 Å². The minimum atomic E-state index is 0.336. The van der Waals surface area contributed by atoms with Gasteiger partial charge in [-0.25, -0.2) is 9.97 Å². The van der Waals surface area contributed by atoms with E-state index in [9.17, 15) is 0 Å². The van der Waals surface area contributed by atoms with E-state index < -0.39 is 0 Å². The first kappa shape index (κ1) is 14.0. The average molecular weight is 368 g/mol. The standard InChI is InChI=1S/C14H17IN4/c1-10(2)19(14-12(15)7-17-9-18-14)8-11-5-3-4-6-13(11)16/h3-7,9-10H,8,16H2,1-2H3. The van der Waals surface area contributed by atoms with Crippen LogP contribution in [0.15, 0.2) is 36.8 Å². The van der Waals surface area contributed by atoms with Crippen LogP contribution in [0.4, 0.5) is 11.5 Å². The molecular weight excluding hydrogens is 351 g/mol. The Morgan fingerprint density at radius 1 is 1.32 bits per heavy atom. The van der Waals surface area contributed by atoms with Crippen LogP contribution in [0.5, 0.6) is 0 Å². The van der Waals surface area contributed by atoms with E-state index >= 15 is 0 Å². The molecule has 1 aromatic heterocycles. The van der Waals surface area contributed by atoms with Crippen molar-refractivity contribution < 1.29 is 0 Å². The van der Waals surface area contributed by atoms with Gasteiger partial charge in [0.2, 0.25) is 0 Å². The Morgan fingerprint density at radius 2 is 2.05 bits per heavy atom. The summed E-state index contributed by atoms with van der Waals surface area (Å²) in [4.78, 5) is 10.7. The zero-order valence-electron chi connectivity index (χ0n) is 11.0. The number of halogens is 1. The fourth-order valence-electron chi connectivity index (χ4n) is 1.88. The molecule has 2 rings (SSSR count). The number of benzene rings is 1. The van der Waals surface area contributed by atoms with E-state index in [1.165, 1.54) is 0 Å². The first-order valence-electron chi connectivity index (χ1n) is 6.15. The van der Waals surface area contributed by atoms with Gasteiger partial charge in [-0.15, -0.1) is 0 Å². The molecule has 0 amide bonds. The lowest BCUT2D eigenvalue weighted by molar-refractivity contribution is 0.670. The molecular formula is C14H17IN4. The van der Waals surface area contributed by atoms with Crippen LogP contribution >= 0.6 is 22.6 Å². The van der Waals surface area contributed by atoms with E-state index in [1.807, 2.05) is 24.4 Å². The lowest BCUT2D eigenvalue weighted by atomic mass is 10.1. The Morgan fingerprint density at radius 3 is 2.68 bits per heavy atom. The molecule has 1 aromatic carbocycles. The van der Waals surface area contributed by atoms with E-state index in [0.717, 1.165) is 27.2 Å². The summed E-state index contributed by atoms with van der Waals surface area (Å²) < 4.78 is 1.04. The van der Waals surface area contributed by atoms with Crippen molar-refractivity contribution in [3.8, 4) is 0 Å². The van der Waals surface area contributed by atoms with Gasteiger partial charge in [-0.2, -0.15) is 0 Å². The maximum absolute atomic E-state index is 6.02. The topological polar surface area (TPSA) is 55.0 Å². The van der Waals surface area contributed by atoms with E-state index in [1.54, 1.807) is 6.33 Å². The van der Waals surface area contributed by atoms with Gasteiger partial charge in [0.15, 0.2) is 0 Å². The molecule has 0 bridgehead atoms. The molecule has 100 valence electrons. The van der Waals surface area contributed by atoms with Crippen LogP contribution in [0.1, 0.15) is 19.4 Å². The summed E-state index contributed by atoms with van der Waals surface area (Å²) in [5, 5.41) is 0. The molecule has 0 unspecified atom stereocenters. The number of para-hydroxylation sites is 1. The third-order valence-corrected chi connectivity index (χ3v) is 3.70. The molecule has 0 aliphatic heterocycles. The zero-order valence-corrected chi connectivity index (χ0v) is 13.2. The summed E-state index contributed by atoms with van der Waals surface area (Å²) in [6.07, 6.45) is 3.41. The van der Waals surface area contributed by atoms with Crippen LogP contribution in [0.3, 0.4) is 0 Å². The highest BCUT2D eigenvalue weighted by Gasteiger charge is 2.16. The van der Waals surface area contributed by atoms with E-state index in [4.69, 9.17) is 5.73 Å². The molecule has 0 saturated carbocycles. The lowest BCUT2D eigenvalue weighted by Crippen LogP contribution is -2.32. The Kier molecular flexibility index (Phi) is 4.57. The van der Waals surface area contributed by atoms with Crippen LogP contribution in [0, 0.1) is 3.57 Å². The Hall–Kier alpha value is -1.37. The summed E-state index contributed by atoms with van der Waals surface area (Å²) in [6.45, 7) is 5.05. The quantitative estimate of drug-likeness (QED) is 0.666. The third-order valence-electron chi connectivity index (χ3n) is 2.94. The molecule has 1 heterocycles. The van der Waals surface area contributed by atoms with Gasteiger partial charge in [0.1, 0.15) is 12.1 Å². The van der Waals surface area contributed by atoms with Crippen LogP contribution in [-0.4, -0.2) is 16.0 Å². The second-order valence-corrected chi connectivity index (χ2v) is 5.78. The summed E-state index contributed by atoms with van der Waals surface area (Å²) in [5.74, 6) is 0.953. The number of hydrogen-bond donors (Lipinski definition) is 1. The molecule has 0 saturated heterocycles. The highest BCUT2D eigenvalue weighted by Crippen LogP contribution is 2.24. The second kappa shape index (κ2) is 6.18. The molecule has 4 nitrogen and oxygen atoms in total. The van der Waals surface area contributed by atoms with Crippen molar-refractivity contribution in [1.29, 1.82) is 0 Å². The highest BCUT2D eigenvalue weighted by molar-refractivity contribution is 14.1. The number of nitrogens with two attached hydrogens (primary N) is 1. The van der Waals surface area contributed by atoms with Gasteiger partial charge in [-0.05, 0) is 48.1 Å². The molecule has 0 spiro atoms. The molecule has 0 radical (unpaired) electrons. The number of hydrogen-bond acceptors (Lipinski definition) is 4. The van der Waals surface area contributed by atoms with Crippen molar-refractivity contribution in [3.05, 3.63) is 45.9 Å². The lowest BCUT2D eigenvalue weighted by Gasteiger charge is -2.29. The second-order valence-electron chi connectivity index (χ2n) is 4.61. The highest BCUT2D eigenvalue weighted by atomic mass is 127. The molecule has 19 heavy (non-hydrogen) atoms. The van der Waals surface area contributed by atoms with E-state index in [-0.39, 0.29) is 0 Å². The van der Waals surface area contributed by atoms with Crippen LogP contribution in [-0.2, 0) is 6.54 Å². The summed E-state index contributed by atoms with van der Waals surface area (Å²) in [5.41, 5.74) is 7.96. The van der Waals surface area contributed by atoms with Crippen LogP contribution < -0.4 is 10.6 Å². The van der Waals surface area contributed by atoms with Gasteiger partial charge in [0.25, 0.3) is 0 Å². The molecule has 2 N–H and O–H groups in total. The molecule has 2 aromatic rings. The van der Waals surface area contributed by atoms with E-state index in [2.05, 4.69) is 57.4 Å². The fraction of sp³-hybridized carbons (Fsp3) is 0.286. The summed E-state index contributed by atoms with van der Waals surface area (Å²) in [7, 11) is 0. The number of nitrogens with zero attached hydrogens (tertiary/aromatic N) is 3. The fourth-order valence-corrected chi connectivity index (χ4v) is 2.49. The Labute approximate surface area is 127 Å². The molecule has 0 atom stereocenters. The SMILES string of the molecule is CC(C)N(Cc1ccccc1N)c1ncncc1I. The molecule has 0 fully saturated rings. The molecule has 0 aliphatic rings. The first-order chi connectivity index (χ1) is 9.09. The van der Waals surface area contributed by atoms with Gasteiger partial charge in [0, 0.05) is 24.5 Å². The van der Waals surface area contributed by atoms with Crippen LogP contribution in [0.2, 0.25) is 0 Å². The minimum absolute atomic E-state index is 0.336. The first-order valence-corrected chi connectivity index (χ1v) is 7.23. The molecule has 0 aliphatic carbocycles. The predicted octanol–water partition coefficient (Wildman–Crippen LogP) is 3.08. The number of aromatic nitrogens is 2. The van der Waals surface area contributed by atoms with Crippen molar-refractivity contribution in [2.24, 2.45) is 0 Å². The van der Waals surface area contributed by atoms with Gasteiger partial charge >= 0.3 is 0 Å². The van der Waals surface area contributed by atoms with Gasteiger partial charge in [0.05, 0.1) is 3.57 Å². The largest absolute Gasteiger partial charge is 0.398 e. The minimum Gasteiger partial charge on any atom is -0.398 e. The number of rotatable bonds is 4. The van der Waals surface area contributed by atoms with E-state index in [0.29, 0.717) is 6.04 Å². The van der Waals surface area contributed by atoms with Gasteiger partial charge in [-0.3, -0.25) is 0 Å². The predicted molar refractivity (Wildman–Crippen MR) is 86.9 cm³/mol. The zero-order chi connectivity index (χ0) is 13.8. The van der Waals surface area contributed by atoms with Crippen molar-refractivity contribution in [3.63, 3.8) is 0 Å². The maximum atomic E-state index is 6.02. The van der Waals surface area contributed by atoms with Gasteiger partial charge < -0.3 is 10.6 Å². The van der Waals surface area contributed by atoms with Crippen molar-refractivity contribution in [1.82, 2.24) is 9.97 Å². The third kappa shape index (κ3) is 3.34. The monoisotopic (exact) mass is 368 g/mol. The van der Waals surface area contributed by atoms with Crippen molar-refractivity contribution in [2.75, 3.05) is 10.6 Å². The molecule has 5 heteroatoms. The van der Waals surface area contributed by atoms with Gasteiger partial charge in [-0.1, -0.05) is 18.2 Å². The average Bonchev–Trinajstić information content (AvgIpc) is 2.38. The maximum Gasteiger partial charge on any atom is 0.145 e. The number of anilines is 2. The summed E-state index contributed by atoms with van der Waals surface area (Å²) >= 11 is 2.26. The summed E-state index contributed by atoms with van der Waals surface area (Å²) in [6, 6.07) is 8.28. The normalized spacial score (nSPS) is 10.7. The Bertz CT molecular complexity index is 557. The smallest absolute Gasteiger partial charge is 0.145 e.